The number of nitrogens with zero attached hydrogens (tertiary/aromatic N) is 4. The lowest BCUT2D eigenvalue weighted by Gasteiger charge is -2.30. The molecule has 2 aliphatic rings. The summed E-state index contributed by atoms with van der Waals surface area (Å²) in [5, 5.41) is 0. The average molecular weight is 490 g/mol. The van der Waals surface area contributed by atoms with Gasteiger partial charge in [0.25, 0.3) is 10.1 Å². The molecule has 3 heterocycles. The molecule has 34 heavy (non-hydrogen) atoms. The molecule has 1 aliphatic heterocycles. The molecule has 2 fully saturated rings. The highest BCUT2D eigenvalue weighted by atomic mass is 32.2. The van der Waals surface area contributed by atoms with E-state index in [2.05, 4.69) is 15.0 Å². The van der Waals surface area contributed by atoms with Crippen molar-refractivity contribution in [2.24, 2.45) is 5.92 Å². The van der Waals surface area contributed by atoms with Crippen molar-refractivity contribution in [2.75, 3.05) is 18.6 Å². The monoisotopic (exact) mass is 489 g/mol. The largest absolute Gasteiger partial charge is 0.382 e. The first-order chi connectivity index (χ1) is 16.1. The van der Waals surface area contributed by atoms with E-state index < -0.39 is 46.2 Å². The third kappa shape index (κ3) is 4.39. The molecule has 2 N–H and O–H groups in total. The molecule has 11 nitrogen and oxygen atoms in total. The summed E-state index contributed by atoms with van der Waals surface area (Å²) in [5.41, 5.74) is 7.85. The molecule has 5 rings (SSSR count). The number of hydrogen-bond acceptors (Lipinski definition) is 10. The molecule has 0 unspecified atom stereocenters. The van der Waals surface area contributed by atoms with Gasteiger partial charge in [-0.15, -0.1) is 0 Å². The van der Waals surface area contributed by atoms with Crippen LogP contribution in [-0.4, -0.2) is 64.9 Å². The van der Waals surface area contributed by atoms with Crippen molar-refractivity contribution in [1.82, 2.24) is 19.5 Å². The van der Waals surface area contributed by atoms with Crippen molar-refractivity contribution in [3.05, 3.63) is 48.5 Å². The Labute approximate surface area is 197 Å². The van der Waals surface area contributed by atoms with Crippen LogP contribution in [0.3, 0.4) is 0 Å². The summed E-state index contributed by atoms with van der Waals surface area (Å²) >= 11 is 0. The Balaban J connectivity index is 1.52. The van der Waals surface area contributed by atoms with Crippen LogP contribution >= 0.6 is 0 Å². The molecule has 0 bridgehead atoms. The quantitative estimate of drug-likeness (QED) is 0.487. The highest BCUT2D eigenvalue weighted by Crippen LogP contribution is 2.49. The lowest BCUT2D eigenvalue weighted by Crippen LogP contribution is -2.38. The van der Waals surface area contributed by atoms with E-state index >= 15 is 0 Å². The minimum atomic E-state index is -3.82. The highest BCUT2D eigenvalue weighted by Gasteiger charge is 2.61. The van der Waals surface area contributed by atoms with Gasteiger partial charge in [-0.3, -0.25) is 4.18 Å². The predicted molar refractivity (Wildman–Crippen MR) is 122 cm³/mol. The third-order valence-electron chi connectivity index (χ3n) is 6.10. The van der Waals surface area contributed by atoms with Crippen molar-refractivity contribution in [1.29, 1.82) is 0 Å². The third-order valence-corrected chi connectivity index (χ3v) is 6.67. The van der Waals surface area contributed by atoms with Crippen LogP contribution in [0, 0.1) is 5.92 Å². The second-order valence-electron chi connectivity index (χ2n) is 9.07. The van der Waals surface area contributed by atoms with Gasteiger partial charge in [-0.1, -0.05) is 30.3 Å². The molecule has 12 heteroatoms. The van der Waals surface area contributed by atoms with Gasteiger partial charge in [0.05, 0.1) is 37.9 Å². The van der Waals surface area contributed by atoms with Gasteiger partial charge in [-0.2, -0.15) is 8.42 Å². The van der Waals surface area contributed by atoms with Crippen molar-refractivity contribution in [2.45, 2.75) is 50.6 Å². The molecule has 3 aromatic rings. The van der Waals surface area contributed by atoms with E-state index in [1.807, 2.05) is 44.2 Å². The Kier molecular flexibility index (Phi) is 5.81. The number of nitrogens with two attached hydrogens (primary N) is 1. The van der Waals surface area contributed by atoms with Crippen LogP contribution in [0.4, 0.5) is 5.82 Å². The van der Waals surface area contributed by atoms with Gasteiger partial charge in [-0.05, 0) is 19.4 Å². The fourth-order valence-corrected chi connectivity index (χ4v) is 5.51. The predicted octanol–water partition coefficient (Wildman–Crippen LogP) is 1.66. The minimum Gasteiger partial charge on any atom is -0.382 e. The summed E-state index contributed by atoms with van der Waals surface area (Å²) in [6.07, 6.45) is 2.08. The number of fused-ring (bicyclic) bond motifs is 2. The van der Waals surface area contributed by atoms with Crippen molar-refractivity contribution in [3.63, 3.8) is 0 Å². The van der Waals surface area contributed by atoms with Crippen molar-refractivity contribution < 1.29 is 26.8 Å². The Morgan fingerprint density at radius 3 is 2.59 bits per heavy atom. The van der Waals surface area contributed by atoms with E-state index in [9.17, 15) is 8.42 Å². The summed E-state index contributed by atoms with van der Waals surface area (Å²) in [6, 6.07) is 9.12. The molecule has 1 saturated heterocycles. The molecule has 5 atom stereocenters. The number of nitrogen functional groups attached to an aromatic ring is 1. The zero-order chi connectivity index (χ0) is 24.1. The highest BCUT2D eigenvalue weighted by molar-refractivity contribution is 7.86. The number of imidazole rings is 1. The summed E-state index contributed by atoms with van der Waals surface area (Å²) in [6.45, 7) is 4.22. The van der Waals surface area contributed by atoms with E-state index in [-0.39, 0.29) is 12.4 Å². The summed E-state index contributed by atoms with van der Waals surface area (Å²) in [7, 11) is -3.82. The maximum Gasteiger partial charge on any atom is 0.264 e. The van der Waals surface area contributed by atoms with Crippen LogP contribution in [0.15, 0.2) is 43.0 Å². The molecule has 1 saturated carbocycles. The topological polar surface area (TPSA) is 141 Å². The van der Waals surface area contributed by atoms with Crippen LogP contribution in [0.1, 0.15) is 25.5 Å². The van der Waals surface area contributed by atoms with Gasteiger partial charge < -0.3 is 24.5 Å². The summed E-state index contributed by atoms with van der Waals surface area (Å²) in [4.78, 5) is 12.7. The number of rotatable bonds is 7. The molecule has 182 valence electrons. The van der Waals surface area contributed by atoms with Crippen LogP contribution < -0.4 is 5.73 Å². The van der Waals surface area contributed by atoms with Gasteiger partial charge in [0.2, 0.25) is 0 Å². The van der Waals surface area contributed by atoms with Crippen LogP contribution in [0.25, 0.3) is 11.2 Å². The van der Waals surface area contributed by atoms with E-state index in [1.54, 1.807) is 10.9 Å². The number of benzene rings is 1. The van der Waals surface area contributed by atoms with E-state index in [1.165, 1.54) is 6.33 Å². The average Bonchev–Trinajstić information content (AvgIpc) is 3.39. The maximum absolute atomic E-state index is 12.3. The fourth-order valence-electron chi connectivity index (χ4n) is 4.85. The van der Waals surface area contributed by atoms with Gasteiger partial charge in [0.15, 0.2) is 17.3 Å². The fraction of sp³-hybridized carbons (Fsp3) is 0.500. The molecule has 0 amide bonds. The normalized spacial score (nSPS) is 28.4. The van der Waals surface area contributed by atoms with Crippen LogP contribution in [0.2, 0.25) is 0 Å². The minimum absolute atomic E-state index is 0.204. The van der Waals surface area contributed by atoms with Crippen molar-refractivity contribution in [3.8, 4) is 0 Å². The van der Waals surface area contributed by atoms with Gasteiger partial charge in [0.1, 0.15) is 24.1 Å². The first kappa shape index (κ1) is 23.1. The van der Waals surface area contributed by atoms with E-state index in [0.29, 0.717) is 17.8 Å². The number of aromatic nitrogens is 4. The van der Waals surface area contributed by atoms with Crippen LogP contribution in [-0.2, 0) is 35.1 Å². The summed E-state index contributed by atoms with van der Waals surface area (Å²) < 4.78 is 50.5. The number of ether oxygens (including phenoxy) is 3. The maximum atomic E-state index is 12.3. The Morgan fingerprint density at radius 1 is 1.12 bits per heavy atom. The second kappa shape index (κ2) is 8.54. The van der Waals surface area contributed by atoms with Crippen molar-refractivity contribution >= 4 is 27.1 Å². The zero-order valence-electron chi connectivity index (χ0n) is 19.1. The molecule has 0 radical (unpaired) electrons. The van der Waals surface area contributed by atoms with Gasteiger partial charge in [0, 0.05) is 5.92 Å². The molecule has 1 aliphatic carbocycles. The first-order valence-electron chi connectivity index (χ1n) is 10.9. The molecule has 0 spiro atoms. The van der Waals surface area contributed by atoms with E-state index in [0.717, 1.165) is 11.8 Å². The molecule has 2 aromatic heterocycles. The Hall–Kier alpha value is -2.64. The SMILES string of the molecule is CC1(C)O[C@H]2[C@H](COCc3ccccc3)[C@@H](OS(C)(=O)=O)[C@H](n3cnc4c(N)ncnc43)[C@H]2O1. The second-order valence-corrected chi connectivity index (χ2v) is 10.7. The number of hydrogen-bond donors (Lipinski definition) is 1. The standard InChI is InChI=1S/C22H27N5O6S/c1-22(2)31-18-14(10-30-9-13-7-5-4-6-8-13)17(33-34(3,28)29)16(19(18)32-22)27-12-26-15-20(23)24-11-25-21(15)27/h4-8,11-12,14,16-19H,9-10H2,1-3H3,(H2,23,24,25)/t14-,16+,17-,18+,19-/m1/s1. The molecule has 1 aromatic carbocycles. The number of anilines is 1. The Morgan fingerprint density at radius 2 is 1.85 bits per heavy atom. The smallest absolute Gasteiger partial charge is 0.264 e. The molecular formula is C22H27N5O6S. The van der Waals surface area contributed by atoms with Gasteiger partial charge in [-0.25, -0.2) is 15.0 Å². The van der Waals surface area contributed by atoms with Crippen LogP contribution in [0.5, 0.6) is 0 Å². The van der Waals surface area contributed by atoms with E-state index in [4.69, 9.17) is 24.1 Å². The van der Waals surface area contributed by atoms with Gasteiger partial charge >= 0.3 is 0 Å². The lowest BCUT2D eigenvalue weighted by molar-refractivity contribution is -0.172. The summed E-state index contributed by atoms with van der Waals surface area (Å²) in [5.74, 6) is -1.08. The first-order valence-corrected chi connectivity index (χ1v) is 12.7. The Bertz CT molecular complexity index is 1280. The lowest BCUT2D eigenvalue weighted by atomic mass is 10.0. The molecular weight excluding hydrogens is 462 g/mol. The zero-order valence-corrected chi connectivity index (χ0v) is 19.9.